The number of para-hydroxylation sites is 1. The number of aromatic carboxylic acids is 1. The third-order valence-electron chi connectivity index (χ3n) is 3.09. The van der Waals surface area contributed by atoms with Crippen molar-refractivity contribution in [3.8, 4) is 5.75 Å². The first-order valence-electron chi connectivity index (χ1n) is 6.24. The zero-order valence-corrected chi connectivity index (χ0v) is 10.5. The number of carbonyl (C=O) groups excluding carboxylic acids is 1. The minimum absolute atomic E-state index is 0.199. The zero-order valence-electron chi connectivity index (χ0n) is 10.5. The van der Waals surface area contributed by atoms with E-state index in [0.29, 0.717) is 5.75 Å². The van der Waals surface area contributed by atoms with Gasteiger partial charge in [0.25, 0.3) is 0 Å². The van der Waals surface area contributed by atoms with Gasteiger partial charge in [-0.2, -0.15) is 0 Å². The molecule has 0 spiro atoms. The maximum atomic E-state index is 10.6. The molecule has 98 valence electrons. The van der Waals surface area contributed by atoms with Gasteiger partial charge < -0.3 is 15.0 Å². The Balaban J connectivity index is 1.89. The Morgan fingerprint density at radius 1 is 1.00 bits per heavy atom. The summed E-state index contributed by atoms with van der Waals surface area (Å²) in [6.07, 6.45) is 2.55. The van der Waals surface area contributed by atoms with Crippen LogP contribution in [-0.2, 0) is 12.8 Å². The smallest absolute Gasteiger partial charge is 0.118 e. The fourth-order valence-corrected chi connectivity index (χ4v) is 2.01. The van der Waals surface area contributed by atoms with Gasteiger partial charge in [0.15, 0.2) is 0 Å². The quantitative estimate of drug-likeness (QED) is 0.888. The topological polar surface area (TPSA) is 60.4 Å². The van der Waals surface area contributed by atoms with Crippen molar-refractivity contribution < 1.29 is 15.0 Å². The summed E-state index contributed by atoms with van der Waals surface area (Å²) in [5.74, 6) is -0.824. The van der Waals surface area contributed by atoms with Crippen molar-refractivity contribution in [2.24, 2.45) is 0 Å². The van der Waals surface area contributed by atoms with Crippen molar-refractivity contribution in [2.45, 2.75) is 19.3 Å². The summed E-state index contributed by atoms with van der Waals surface area (Å²) in [5, 5.41) is 20.2. The average molecular weight is 255 g/mol. The van der Waals surface area contributed by atoms with E-state index in [0.717, 1.165) is 30.4 Å². The van der Waals surface area contributed by atoms with Gasteiger partial charge in [0.1, 0.15) is 5.75 Å². The molecule has 3 heteroatoms. The molecule has 0 aliphatic rings. The van der Waals surface area contributed by atoms with Crippen molar-refractivity contribution >= 4 is 5.97 Å². The number of aromatic hydroxyl groups is 1. The van der Waals surface area contributed by atoms with Crippen LogP contribution >= 0.6 is 0 Å². The highest BCUT2D eigenvalue weighted by Crippen LogP contribution is 2.18. The molecule has 0 amide bonds. The summed E-state index contributed by atoms with van der Waals surface area (Å²) >= 11 is 0. The van der Waals surface area contributed by atoms with E-state index in [2.05, 4.69) is 0 Å². The first kappa shape index (κ1) is 13.1. The standard InChI is InChI=1S/C16H16O3/c17-15-7-2-1-5-13(15)6-3-4-12-8-10-14(11-9-12)16(18)19/h1-2,5,7-11,17H,3-4,6H2,(H,18,19)/p-1. The van der Waals surface area contributed by atoms with E-state index >= 15 is 0 Å². The number of hydrogen-bond acceptors (Lipinski definition) is 3. The number of aryl methyl sites for hydroxylation is 2. The molecule has 0 saturated carbocycles. The maximum absolute atomic E-state index is 10.6. The lowest BCUT2D eigenvalue weighted by Gasteiger charge is -2.06. The molecule has 2 aromatic carbocycles. The Kier molecular flexibility index (Phi) is 4.18. The van der Waals surface area contributed by atoms with Crippen LogP contribution in [0.25, 0.3) is 0 Å². The monoisotopic (exact) mass is 255 g/mol. The van der Waals surface area contributed by atoms with Crippen molar-refractivity contribution in [1.82, 2.24) is 0 Å². The van der Waals surface area contributed by atoms with Crippen molar-refractivity contribution in [1.29, 1.82) is 0 Å². The van der Waals surface area contributed by atoms with E-state index in [1.807, 2.05) is 12.1 Å². The van der Waals surface area contributed by atoms with Gasteiger partial charge in [0.2, 0.25) is 0 Å². The fourth-order valence-electron chi connectivity index (χ4n) is 2.01. The van der Waals surface area contributed by atoms with Crippen LogP contribution in [0, 0.1) is 0 Å². The van der Waals surface area contributed by atoms with Gasteiger partial charge in [0, 0.05) is 0 Å². The lowest BCUT2D eigenvalue weighted by atomic mass is 10.0. The lowest BCUT2D eigenvalue weighted by Crippen LogP contribution is -2.21. The van der Waals surface area contributed by atoms with Crippen LogP contribution in [0.4, 0.5) is 0 Å². The van der Waals surface area contributed by atoms with Gasteiger partial charge in [-0.15, -0.1) is 0 Å². The number of benzene rings is 2. The molecule has 2 rings (SSSR count). The van der Waals surface area contributed by atoms with E-state index in [4.69, 9.17) is 0 Å². The van der Waals surface area contributed by atoms with Gasteiger partial charge in [-0.25, -0.2) is 0 Å². The van der Waals surface area contributed by atoms with E-state index in [1.54, 1.807) is 36.4 Å². The van der Waals surface area contributed by atoms with Gasteiger partial charge in [-0.05, 0) is 42.0 Å². The highest BCUT2D eigenvalue weighted by molar-refractivity contribution is 5.85. The number of carbonyl (C=O) groups is 1. The molecule has 0 aliphatic heterocycles. The minimum atomic E-state index is -1.15. The van der Waals surface area contributed by atoms with Crippen molar-refractivity contribution in [2.75, 3.05) is 0 Å². The predicted molar refractivity (Wildman–Crippen MR) is 70.9 cm³/mol. The predicted octanol–water partition coefficient (Wildman–Crippen LogP) is 1.93. The Morgan fingerprint density at radius 2 is 1.68 bits per heavy atom. The van der Waals surface area contributed by atoms with Gasteiger partial charge in [0.05, 0.1) is 5.97 Å². The number of carboxylic acids is 1. The molecule has 0 fully saturated rings. The van der Waals surface area contributed by atoms with Crippen LogP contribution in [0.3, 0.4) is 0 Å². The Hall–Kier alpha value is -2.29. The summed E-state index contributed by atoms with van der Waals surface area (Å²) in [6, 6.07) is 14.0. The van der Waals surface area contributed by atoms with Gasteiger partial charge >= 0.3 is 0 Å². The van der Waals surface area contributed by atoms with Crippen LogP contribution in [0.15, 0.2) is 48.5 Å². The first-order valence-corrected chi connectivity index (χ1v) is 6.24. The first-order chi connectivity index (χ1) is 9.16. The van der Waals surface area contributed by atoms with Crippen LogP contribution in [0.5, 0.6) is 5.75 Å². The summed E-state index contributed by atoms with van der Waals surface area (Å²) in [4.78, 5) is 10.6. The summed E-state index contributed by atoms with van der Waals surface area (Å²) in [7, 11) is 0. The van der Waals surface area contributed by atoms with Crippen LogP contribution < -0.4 is 5.11 Å². The highest BCUT2D eigenvalue weighted by atomic mass is 16.4. The molecule has 0 bridgehead atoms. The molecule has 0 radical (unpaired) electrons. The lowest BCUT2D eigenvalue weighted by molar-refractivity contribution is -0.255. The SMILES string of the molecule is O=C([O-])c1ccc(CCCc2ccccc2O)cc1. The fraction of sp³-hybridized carbons (Fsp3) is 0.188. The van der Waals surface area contributed by atoms with Gasteiger partial charge in [-0.1, -0.05) is 42.5 Å². The highest BCUT2D eigenvalue weighted by Gasteiger charge is 2.00. The second-order valence-electron chi connectivity index (χ2n) is 4.47. The molecule has 0 aliphatic carbocycles. The number of carboxylic acid groups (broad SMARTS) is 1. The van der Waals surface area contributed by atoms with Crippen LogP contribution in [0.1, 0.15) is 27.9 Å². The van der Waals surface area contributed by atoms with Crippen molar-refractivity contribution in [3.05, 3.63) is 65.2 Å². The Morgan fingerprint density at radius 3 is 2.32 bits per heavy atom. The molecule has 2 aromatic rings. The molecular formula is C16H15O3-. The third-order valence-corrected chi connectivity index (χ3v) is 3.09. The maximum Gasteiger partial charge on any atom is 0.118 e. The molecule has 0 atom stereocenters. The Labute approximate surface area is 112 Å². The molecule has 3 nitrogen and oxygen atoms in total. The second-order valence-corrected chi connectivity index (χ2v) is 4.47. The normalized spacial score (nSPS) is 10.3. The summed E-state index contributed by atoms with van der Waals surface area (Å²) in [5.41, 5.74) is 2.22. The van der Waals surface area contributed by atoms with Crippen molar-refractivity contribution in [3.63, 3.8) is 0 Å². The summed E-state index contributed by atoms with van der Waals surface area (Å²) < 4.78 is 0. The number of phenolic OH excluding ortho intramolecular Hbond substituents is 1. The largest absolute Gasteiger partial charge is 0.545 e. The molecule has 0 aromatic heterocycles. The number of hydrogen-bond donors (Lipinski definition) is 1. The molecule has 0 heterocycles. The molecule has 1 N–H and O–H groups in total. The van der Waals surface area contributed by atoms with Crippen LogP contribution in [0.2, 0.25) is 0 Å². The van der Waals surface area contributed by atoms with E-state index in [-0.39, 0.29) is 5.56 Å². The summed E-state index contributed by atoms with van der Waals surface area (Å²) in [6.45, 7) is 0. The second kappa shape index (κ2) is 6.05. The molecule has 0 unspecified atom stereocenters. The van der Waals surface area contributed by atoms with Gasteiger partial charge in [-0.3, -0.25) is 0 Å². The van der Waals surface area contributed by atoms with Crippen LogP contribution in [-0.4, -0.2) is 11.1 Å². The minimum Gasteiger partial charge on any atom is -0.545 e. The average Bonchev–Trinajstić information content (AvgIpc) is 2.41. The molecular weight excluding hydrogens is 240 g/mol. The zero-order chi connectivity index (χ0) is 13.7. The molecule has 19 heavy (non-hydrogen) atoms. The number of phenols is 1. The van der Waals surface area contributed by atoms with E-state index in [9.17, 15) is 15.0 Å². The third kappa shape index (κ3) is 3.58. The molecule has 0 saturated heterocycles. The van der Waals surface area contributed by atoms with E-state index in [1.165, 1.54) is 0 Å². The van der Waals surface area contributed by atoms with E-state index < -0.39 is 5.97 Å². The Bertz CT molecular complexity index is 558. The number of rotatable bonds is 5.